The van der Waals surface area contributed by atoms with Crippen LogP contribution < -0.4 is 0 Å². The van der Waals surface area contributed by atoms with Crippen molar-refractivity contribution in [3.63, 3.8) is 0 Å². The van der Waals surface area contributed by atoms with Gasteiger partial charge in [-0.15, -0.1) is 0 Å². The first-order chi connectivity index (χ1) is 9.93. The van der Waals surface area contributed by atoms with E-state index in [0.29, 0.717) is 36.5 Å². The van der Waals surface area contributed by atoms with E-state index in [1.54, 1.807) is 4.90 Å². The number of alkyl halides is 1. The summed E-state index contributed by atoms with van der Waals surface area (Å²) in [5.74, 6) is -0.653. The van der Waals surface area contributed by atoms with Crippen molar-refractivity contribution in [1.29, 1.82) is 0 Å². The number of Topliss-reactive ketones (excluding diaryl/α,β-unsaturated/α-hetero) is 1. The molecule has 116 valence electrons. The van der Waals surface area contributed by atoms with Gasteiger partial charge in [-0.2, -0.15) is 0 Å². The fraction of sp³-hybridized carbons (Fsp3) is 0.600. The van der Waals surface area contributed by atoms with E-state index in [1.165, 1.54) is 6.07 Å². The van der Waals surface area contributed by atoms with Gasteiger partial charge in [0, 0.05) is 30.9 Å². The van der Waals surface area contributed by atoms with Crippen molar-refractivity contribution in [2.45, 2.75) is 25.9 Å². The van der Waals surface area contributed by atoms with Gasteiger partial charge >= 0.3 is 0 Å². The molecule has 1 N–H and O–H groups in total. The molecule has 1 aliphatic rings. The zero-order chi connectivity index (χ0) is 15.6. The Labute approximate surface area is 124 Å². The third-order valence-electron chi connectivity index (χ3n) is 3.81. The summed E-state index contributed by atoms with van der Waals surface area (Å²) in [6, 6.07) is 1.50. The van der Waals surface area contributed by atoms with Crippen LogP contribution in [0.1, 0.15) is 39.9 Å². The molecule has 21 heavy (non-hydrogen) atoms. The summed E-state index contributed by atoms with van der Waals surface area (Å²) >= 11 is 0. The molecule has 1 amide bonds. The molecule has 0 aliphatic heterocycles. The quantitative estimate of drug-likeness (QED) is 0.896. The molecular formula is C15H22FN3O2. The molecule has 5 nitrogen and oxygen atoms in total. The average Bonchev–Trinajstić information content (AvgIpc) is 2.88. The van der Waals surface area contributed by atoms with Crippen molar-refractivity contribution >= 4 is 11.7 Å². The monoisotopic (exact) mass is 295 g/mol. The van der Waals surface area contributed by atoms with Crippen LogP contribution in [-0.4, -0.2) is 66.4 Å². The van der Waals surface area contributed by atoms with Crippen molar-refractivity contribution in [2.24, 2.45) is 0 Å². The maximum Gasteiger partial charge on any atom is 0.270 e. The topological polar surface area (TPSA) is 56.4 Å². The fourth-order valence-corrected chi connectivity index (χ4v) is 2.49. The van der Waals surface area contributed by atoms with E-state index >= 15 is 0 Å². The zero-order valence-electron chi connectivity index (χ0n) is 12.8. The minimum Gasteiger partial charge on any atom is -0.354 e. The largest absolute Gasteiger partial charge is 0.354 e. The summed E-state index contributed by atoms with van der Waals surface area (Å²) in [5.41, 5.74) is 1.39. The van der Waals surface area contributed by atoms with Crippen LogP contribution in [0.2, 0.25) is 0 Å². The number of likely N-dealkylation sites (N-methyl/N-ethyl adjacent to an activating group) is 2. The number of carbonyl (C=O) groups is 2. The third-order valence-corrected chi connectivity index (χ3v) is 3.81. The molecule has 0 saturated heterocycles. The molecule has 0 bridgehead atoms. The lowest BCUT2D eigenvalue weighted by Crippen LogP contribution is -2.36. The number of H-pyrrole nitrogens is 1. The van der Waals surface area contributed by atoms with Gasteiger partial charge in [-0.25, -0.2) is 4.39 Å². The number of nitrogens with one attached hydrogen (secondary N) is 1. The van der Waals surface area contributed by atoms with Crippen LogP contribution in [0.15, 0.2) is 6.07 Å². The van der Waals surface area contributed by atoms with Gasteiger partial charge in [-0.1, -0.05) is 0 Å². The summed E-state index contributed by atoms with van der Waals surface area (Å²) in [7, 11) is 3.90. The molecular weight excluding hydrogens is 273 g/mol. The van der Waals surface area contributed by atoms with Crippen molar-refractivity contribution in [3.8, 4) is 0 Å². The fourth-order valence-electron chi connectivity index (χ4n) is 2.49. The lowest BCUT2D eigenvalue weighted by molar-refractivity contribution is 0.0748. The second-order valence-corrected chi connectivity index (χ2v) is 5.63. The number of aromatic nitrogens is 1. The Morgan fingerprint density at radius 1 is 1.43 bits per heavy atom. The Hall–Kier alpha value is -1.69. The Balaban J connectivity index is 2.16. The Bertz CT molecular complexity index is 539. The summed E-state index contributed by atoms with van der Waals surface area (Å²) in [5, 5.41) is 0. The summed E-state index contributed by atoms with van der Waals surface area (Å²) in [4.78, 5) is 31.0. The number of hydrogen-bond acceptors (Lipinski definition) is 3. The highest BCUT2D eigenvalue weighted by molar-refractivity contribution is 6.04. The van der Waals surface area contributed by atoms with Crippen LogP contribution in [0.4, 0.5) is 4.39 Å². The van der Waals surface area contributed by atoms with Gasteiger partial charge in [-0.3, -0.25) is 9.59 Å². The van der Waals surface area contributed by atoms with E-state index in [2.05, 4.69) is 4.98 Å². The standard InChI is InChI=1S/C15H22FN3O2/c1-4-19(8-7-18(2)3)15(21)13-9-10-12(17-13)6-5-11(16)14(10)20/h9,11,17H,4-8H2,1-3H3. The van der Waals surface area contributed by atoms with Gasteiger partial charge in [0.2, 0.25) is 0 Å². The SMILES string of the molecule is CCN(CCN(C)C)C(=O)c1cc2c([nH]1)CCC(F)C2=O. The Morgan fingerprint density at radius 2 is 2.14 bits per heavy atom. The van der Waals surface area contributed by atoms with Gasteiger partial charge in [-0.05, 0) is 39.9 Å². The summed E-state index contributed by atoms with van der Waals surface area (Å²) in [6.45, 7) is 3.90. The zero-order valence-corrected chi connectivity index (χ0v) is 12.8. The van der Waals surface area contributed by atoms with E-state index in [1.807, 2.05) is 25.9 Å². The molecule has 0 radical (unpaired) electrons. The van der Waals surface area contributed by atoms with Gasteiger partial charge in [0.05, 0.1) is 0 Å². The number of ketones is 1. The van der Waals surface area contributed by atoms with E-state index in [4.69, 9.17) is 0 Å². The number of hydrogen-bond donors (Lipinski definition) is 1. The van der Waals surface area contributed by atoms with E-state index in [9.17, 15) is 14.0 Å². The van der Waals surface area contributed by atoms with Crippen LogP contribution in [0.25, 0.3) is 0 Å². The van der Waals surface area contributed by atoms with Gasteiger partial charge in [0.15, 0.2) is 12.0 Å². The molecule has 0 spiro atoms. The molecule has 0 fully saturated rings. The number of amides is 1. The molecule has 1 atom stereocenters. The molecule has 0 saturated carbocycles. The predicted octanol–water partition coefficient (Wildman–Crippen LogP) is 1.51. The first-order valence-corrected chi connectivity index (χ1v) is 7.28. The van der Waals surface area contributed by atoms with Gasteiger partial charge in [0.25, 0.3) is 5.91 Å². The predicted molar refractivity (Wildman–Crippen MR) is 78.5 cm³/mol. The van der Waals surface area contributed by atoms with Crippen molar-refractivity contribution < 1.29 is 14.0 Å². The van der Waals surface area contributed by atoms with Crippen LogP contribution in [-0.2, 0) is 6.42 Å². The molecule has 1 aromatic heterocycles. The molecule has 2 rings (SSSR count). The molecule has 1 unspecified atom stereocenters. The number of rotatable bonds is 5. The average molecular weight is 295 g/mol. The molecule has 1 aromatic rings. The highest BCUT2D eigenvalue weighted by Crippen LogP contribution is 2.24. The van der Waals surface area contributed by atoms with Crippen molar-refractivity contribution in [2.75, 3.05) is 33.7 Å². The van der Waals surface area contributed by atoms with Crippen molar-refractivity contribution in [1.82, 2.24) is 14.8 Å². The van der Waals surface area contributed by atoms with Crippen molar-refractivity contribution in [3.05, 3.63) is 23.0 Å². The lowest BCUT2D eigenvalue weighted by Gasteiger charge is -2.22. The number of aryl methyl sites for hydroxylation is 1. The van der Waals surface area contributed by atoms with Gasteiger partial charge in [0.1, 0.15) is 5.69 Å². The molecule has 1 aliphatic carbocycles. The smallest absolute Gasteiger partial charge is 0.270 e. The third kappa shape index (κ3) is 3.32. The van der Waals surface area contributed by atoms with Crippen LogP contribution in [0, 0.1) is 0 Å². The van der Waals surface area contributed by atoms with Crippen LogP contribution in [0.5, 0.6) is 0 Å². The number of carbonyl (C=O) groups excluding carboxylic acids is 2. The maximum atomic E-state index is 13.4. The van der Waals surface area contributed by atoms with Gasteiger partial charge < -0.3 is 14.8 Å². The summed E-state index contributed by atoms with van der Waals surface area (Å²) in [6.07, 6.45) is -0.774. The first kappa shape index (κ1) is 15.7. The normalized spacial score (nSPS) is 18.0. The Kier molecular flexibility index (Phi) is 4.77. The summed E-state index contributed by atoms with van der Waals surface area (Å²) < 4.78 is 13.4. The van der Waals surface area contributed by atoms with Crippen LogP contribution >= 0.6 is 0 Å². The number of fused-ring (bicyclic) bond motifs is 1. The van der Waals surface area contributed by atoms with E-state index in [0.717, 1.165) is 6.54 Å². The Morgan fingerprint density at radius 3 is 2.76 bits per heavy atom. The molecule has 0 aromatic carbocycles. The second kappa shape index (κ2) is 6.39. The highest BCUT2D eigenvalue weighted by Gasteiger charge is 2.30. The van der Waals surface area contributed by atoms with E-state index in [-0.39, 0.29) is 12.3 Å². The molecule has 6 heteroatoms. The second-order valence-electron chi connectivity index (χ2n) is 5.63. The highest BCUT2D eigenvalue weighted by atomic mass is 19.1. The minimum absolute atomic E-state index is 0.142. The first-order valence-electron chi connectivity index (χ1n) is 7.28. The lowest BCUT2D eigenvalue weighted by atomic mass is 9.95. The van der Waals surface area contributed by atoms with E-state index < -0.39 is 12.0 Å². The number of aromatic amines is 1. The molecule has 1 heterocycles. The maximum absolute atomic E-state index is 13.4. The number of halogens is 1. The van der Waals surface area contributed by atoms with Crippen LogP contribution in [0.3, 0.4) is 0 Å². The minimum atomic E-state index is -1.44. The number of nitrogens with zero attached hydrogens (tertiary/aromatic N) is 2.